The zero-order valence-electron chi connectivity index (χ0n) is 14.4. The number of aliphatic carboxylic acids is 1. The summed E-state index contributed by atoms with van der Waals surface area (Å²) in [7, 11) is 0. The molecule has 0 amide bonds. The van der Waals surface area contributed by atoms with Gasteiger partial charge in [-0.05, 0) is 6.42 Å². The van der Waals surface area contributed by atoms with Gasteiger partial charge in [-0.15, -0.1) is 0 Å². The largest absolute Gasteiger partial charge is 0.481 e. The van der Waals surface area contributed by atoms with E-state index in [4.69, 9.17) is 19.7 Å². The van der Waals surface area contributed by atoms with Gasteiger partial charge in [-0.2, -0.15) is 0 Å². The predicted molar refractivity (Wildman–Crippen MR) is 85.7 cm³/mol. The molecule has 0 spiro atoms. The van der Waals surface area contributed by atoms with Gasteiger partial charge in [0, 0.05) is 6.42 Å². The molecule has 1 rings (SSSR count). The Morgan fingerprint density at radius 2 is 1.84 bits per heavy atom. The third kappa shape index (κ3) is 7.14. The van der Waals surface area contributed by atoms with Crippen LogP contribution in [0.2, 0.25) is 0 Å². The summed E-state index contributed by atoms with van der Waals surface area (Å²) in [4.78, 5) is 11.0. The average molecular weight is 366 g/mol. The van der Waals surface area contributed by atoms with E-state index in [1.165, 1.54) is 0 Å². The summed E-state index contributed by atoms with van der Waals surface area (Å²) in [5, 5.41) is 57.7. The van der Waals surface area contributed by atoms with Crippen LogP contribution in [0, 0.1) is 0 Å². The highest BCUT2D eigenvalue weighted by atomic mass is 16.7. The lowest BCUT2D eigenvalue weighted by Gasteiger charge is -2.40. The van der Waals surface area contributed by atoms with E-state index in [-0.39, 0.29) is 6.42 Å². The minimum Gasteiger partial charge on any atom is -0.481 e. The number of carboxylic acid groups (broad SMARTS) is 1. The Morgan fingerprint density at radius 1 is 1.16 bits per heavy atom. The van der Waals surface area contributed by atoms with Crippen LogP contribution in [0.25, 0.3) is 0 Å². The third-order valence-corrected chi connectivity index (χ3v) is 4.25. The van der Waals surface area contributed by atoms with Gasteiger partial charge in [0.25, 0.3) is 0 Å². The van der Waals surface area contributed by atoms with Crippen molar-refractivity contribution in [2.24, 2.45) is 0 Å². The van der Waals surface area contributed by atoms with Gasteiger partial charge in [0.1, 0.15) is 24.4 Å². The molecule has 0 aliphatic carbocycles. The number of aliphatic hydroxyl groups is 5. The van der Waals surface area contributed by atoms with Crippen LogP contribution >= 0.6 is 0 Å². The van der Waals surface area contributed by atoms with E-state index in [1.807, 2.05) is 6.92 Å². The maximum Gasteiger partial charge on any atom is 0.305 e. The lowest BCUT2D eigenvalue weighted by molar-refractivity contribution is -0.312. The fourth-order valence-electron chi connectivity index (χ4n) is 2.80. The van der Waals surface area contributed by atoms with Crippen molar-refractivity contribution in [2.75, 3.05) is 6.61 Å². The molecular formula is C16H30O9. The molecule has 1 fully saturated rings. The monoisotopic (exact) mass is 366 g/mol. The Labute approximate surface area is 146 Å². The number of unbranched alkanes of at least 4 members (excludes halogenated alkanes) is 2. The highest BCUT2D eigenvalue weighted by Crippen LogP contribution is 2.25. The molecule has 9 nitrogen and oxygen atoms in total. The Balaban J connectivity index is 2.67. The van der Waals surface area contributed by atoms with Crippen molar-refractivity contribution >= 4 is 5.97 Å². The van der Waals surface area contributed by atoms with Gasteiger partial charge >= 0.3 is 5.97 Å². The van der Waals surface area contributed by atoms with Crippen molar-refractivity contribution in [1.82, 2.24) is 0 Å². The first-order valence-electron chi connectivity index (χ1n) is 8.65. The lowest BCUT2D eigenvalue weighted by atomic mass is 9.99. The van der Waals surface area contributed by atoms with E-state index < -0.39 is 61.9 Å². The van der Waals surface area contributed by atoms with Crippen molar-refractivity contribution in [3.05, 3.63) is 0 Å². The number of ether oxygens (including phenoxy) is 2. The van der Waals surface area contributed by atoms with Gasteiger partial charge in [0.2, 0.25) is 0 Å². The molecule has 1 heterocycles. The normalized spacial score (nSPS) is 32.3. The molecule has 1 aliphatic rings. The van der Waals surface area contributed by atoms with Crippen molar-refractivity contribution in [1.29, 1.82) is 0 Å². The molecule has 25 heavy (non-hydrogen) atoms. The summed E-state index contributed by atoms with van der Waals surface area (Å²) in [6.45, 7) is 1.43. The molecule has 148 valence electrons. The second-order valence-corrected chi connectivity index (χ2v) is 6.44. The second-order valence-electron chi connectivity index (χ2n) is 6.44. The van der Waals surface area contributed by atoms with E-state index >= 15 is 0 Å². The predicted octanol–water partition coefficient (Wildman–Crippen LogP) is -1.02. The van der Waals surface area contributed by atoms with E-state index in [1.54, 1.807) is 0 Å². The van der Waals surface area contributed by atoms with Crippen LogP contribution in [-0.2, 0) is 14.3 Å². The second kappa shape index (κ2) is 11.0. The number of carbonyl (C=O) groups is 1. The number of hydrogen-bond donors (Lipinski definition) is 6. The fraction of sp³-hybridized carbons (Fsp3) is 0.938. The first kappa shape index (κ1) is 22.2. The Kier molecular flexibility index (Phi) is 9.80. The van der Waals surface area contributed by atoms with Crippen LogP contribution in [0.4, 0.5) is 0 Å². The zero-order chi connectivity index (χ0) is 19.0. The Hall–Kier alpha value is -0.810. The van der Waals surface area contributed by atoms with Crippen LogP contribution in [0.5, 0.6) is 0 Å². The molecule has 1 aliphatic heterocycles. The average Bonchev–Trinajstić information content (AvgIpc) is 2.55. The van der Waals surface area contributed by atoms with Gasteiger partial charge in [-0.3, -0.25) is 4.79 Å². The summed E-state index contributed by atoms with van der Waals surface area (Å²) in [5.74, 6) is -1.14. The van der Waals surface area contributed by atoms with Gasteiger partial charge < -0.3 is 40.1 Å². The first-order valence-corrected chi connectivity index (χ1v) is 8.65. The molecule has 0 aromatic heterocycles. The minimum absolute atomic E-state index is 0.0328. The maximum atomic E-state index is 11.0. The van der Waals surface area contributed by atoms with Crippen LogP contribution < -0.4 is 0 Å². The molecule has 0 radical (unpaired) electrons. The molecule has 0 aromatic carbocycles. The fourth-order valence-corrected chi connectivity index (χ4v) is 2.80. The smallest absolute Gasteiger partial charge is 0.305 e. The molecule has 1 saturated heterocycles. The summed E-state index contributed by atoms with van der Waals surface area (Å²) in [6, 6.07) is 0. The molecule has 6 N–H and O–H groups in total. The molecule has 7 atom stereocenters. The number of aliphatic hydroxyl groups excluding tert-OH is 5. The molecule has 0 bridgehead atoms. The zero-order valence-corrected chi connectivity index (χ0v) is 14.4. The number of carboxylic acids is 1. The SMILES string of the molecule is CCCCC[C@H](O)C[C@@H](CC(=O)O)O[C@@H]1O[C@@H](CO)[C@@H](O)[C@@H](O)[C@@H]1O. The van der Waals surface area contributed by atoms with Gasteiger partial charge in [-0.25, -0.2) is 0 Å². The standard InChI is InChI=1S/C16H30O9/c1-2-3-4-5-9(18)6-10(7-12(19)20)24-16-15(23)14(22)13(21)11(8-17)25-16/h9-11,13-18,21-23H,2-8H2,1H3,(H,19,20)/t9-,10-,11-,13+,14+,15-,16+/m0/s1. The van der Waals surface area contributed by atoms with Crippen LogP contribution in [0.3, 0.4) is 0 Å². The van der Waals surface area contributed by atoms with Crippen LogP contribution in [0.15, 0.2) is 0 Å². The van der Waals surface area contributed by atoms with Gasteiger partial charge in [0.15, 0.2) is 6.29 Å². The van der Waals surface area contributed by atoms with E-state index in [0.717, 1.165) is 19.3 Å². The quantitative estimate of drug-likeness (QED) is 0.252. The molecule has 0 saturated carbocycles. The molecule has 9 heteroatoms. The lowest BCUT2D eigenvalue weighted by Crippen LogP contribution is -2.59. The van der Waals surface area contributed by atoms with Crippen molar-refractivity contribution in [3.8, 4) is 0 Å². The maximum absolute atomic E-state index is 11.0. The molecule has 0 aromatic rings. The van der Waals surface area contributed by atoms with Crippen molar-refractivity contribution in [3.63, 3.8) is 0 Å². The first-order chi connectivity index (χ1) is 11.8. The summed E-state index contributed by atoms with van der Waals surface area (Å²) in [6.07, 6.45) is -6.12. The highest BCUT2D eigenvalue weighted by Gasteiger charge is 2.45. The van der Waals surface area contributed by atoms with Gasteiger partial charge in [0.05, 0.1) is 25.2 Å². The summed E-state index contributed by atoms with van der Waals surface area (Å²) in [5.41, 5.74) is 0. The summed E-state index contributed by atoms with van der Waals surface area (Å²) >= 11 is 0. The number of rotatable bonds is 11. The van der Waals surface area contributed by atoms with Crippen LogP contribution in [0.1, 0.15) is 45.4 Å². The Bertz CT molecular complexity index is 390. The minimum atomic E-state index is -1.61. The van der Waals surface area contributed by atoms with Crippen molar-refractivity contribution < 1.29 is 44.9 Å². The van der Waals surface area contributed by atoms with Crippen LogP contribution in [-0.4, -0.2) is 86.1 Å². The van der Waals surface area contributed by atoms with E-state index in [0.29, 0.717) is 6.42 Å². The molecular weight excluding hydrogens is 336 g/mol. The topological polar surface area (TPSA) is 157 Å². The Morgan fingerprint density at radius 3 is 2.40 bits per heavy atom. The summed E-state index contributed by atoms with van der Waals surface area (Å²) < 4.78 is 10.7. The third-order valence-electron chi connectivity index (χ3n) is 4.25. The van der Waals surface area contributed by atoms with Crippen molar-refractivity contribution in [2.45, 2.75) is 88.4 Å². The van der Waals surface area contributed by atoms with Gasteiger partial charge in [-0.1, -0.05) is 26.2 Å². The molecule has 0 unspecified atom stereocenters. The highest BCUT2D eigenvalue weighted by molar-refractivity contribution is 5.67. The van der Waals surface area contributed by atoms with E-state index in [9.17, 15) is 25.2 Å². The van der Waals surface area contributed by atoms with E-state index in [2.05, 4.69) is 0 Å². The number of hydrogen-bond acceptors (Lipinski definition) is 8.